The molecule has 34 heavy (non-hydrogen) atoms. The Balaban J connectivity index is 1.63. The van der Waals surface area contributed by atoms with E-state index < -0.39 is 0 Å². The number of H-pyrrole nitrogens is 1. The fourth-order valence-corrected chi connectivity index (χ4v) is 5.30. The molecule has 166 valence electrons. The highest BCUT2D eigenvalue weighted by Gasteiger charge is 2.21. The van der Waals surface area contributed by atoms with Crippen LogP contribution in [0.3, 0.4) is 0 Å². The second-order valence-corrected chi connectivity index (χ2v) is 9.24. The molecule has 0 spiro atoms. The van der Waals surface area contributed by atoms with Crippen LogP contribution >= 0.6 is 11.3 Å². The number of aromatic amines is 1. The summed E-state index contributed by atoms with van der Waals surface area (Å²) in [7, 11) is 0. The van der Waals surface area contributed by atoms with Crippen LogP contribution in [-0.2, 0) is 6.54 Å². The van der Waals surface area contributed by atoms with Crippen molar-refractivity contribution in [3.63, 3.8) is 0 Å². The van der Waals surface area contributed by atoms with Crippen molar-refractivity contribution in [1.82, 2.24) is 19.6 Å². The van der Waals surface area contributed by atoms with E-state index in [1.54, 1.807) is 15.9 Å². The molecule has 0 aliphatic rings. The summed E-state index contributed by atoms with van der Waals surface area (Å²) in [6, 6.07) is 25.9. The number of aryl methyl sites for hydroxylation is 1. The second-order valence-electron chi connectivity index (χ2n) is 8.12. The van der Waals surface area contributed by atoms with E-state index in [4.69, 9.17) is 10.7 Å². The maximum absolute atomic E-state index is 13.8. The predicted octanol–water partition coefficient (Wildman–Crippen LogP) is 5.40. The molecule has 0 bridgehead atoms. The monoisotopic (exact) mass is 463 g/mol. The van der Waals surface area contributed by atoms with Gasteiger partial charge in [0.2, 0.25) is 0 Å². The van der Waals surface area contributed by atoms with Crippen molar-refractivity contribution in [2.24, 2.45) is 5.73 Å². The second kappa shape index (κ2) is 8.06. The summed E-state index contributed by atoms with van der Waals surface area (Å²) in [5.41, 5.74) is 13.0. The smallest absolute Gasteiger partial charge is 0.280 e. The Bertz CT molecular complexity index is 1720. The quantitative estimate of drug-likeness (QED) is 0.366. The van der Waals surface area contributed by atoms with E-state index in [2.05, 4.69) is 10.1 Å². The summed E-state index contributed by atoms with van der Waals surface area (Å²) in [4.78, 5) is 23.3. The van der Waals surface area contributed by atoms with E-state index in [0.717, 1.165) is 43.2 Å². The van der Waals surface area contributed by atoms with Crippen molar-refractivity contribution >= 4 is 27.2 Å². The summed E-state index contributed by atoms with van der Waals surface area (Å²) in [5, 5.41) is 4.22. The van der Waals surface area contributed by atoms with Crippen molar-refractivity contribution < 1.29 is 0 Å². The van der Waals surface area contributed by atoms with Crippen LogP contribution in [0.15, 0.2) is 83.7 Å². The van der Waals surface area contributed by atoms with E-state index in [-0.39, 0.29) is 5.56 Å². The van der Waals surface area contributed by atoms with Gasteiger partial charge in [0.25, 0.3) is 5.56 Å². The molecule has 0 aliphatic heterocycles. The van der Waals surface area contributed by atoms with Gasteiger partial charge in [-0.05, 0) is 30.2 Å². The Morgan fingerprint density at radius 1 is 0.882 bits per heavy atom. The van der Waals surface area contributed by atoms with E-state index >= 15 is 0 Å². The SMILES string of the molecule is Cc1nc2c(-c3ccccc3)c(-c3ccccc3)[nH]n2c(=O)c1-c1ccc2nc(CN)sc2c1. The van der Waals surface area contributed by atoms with Crippen molar-refractivity contribution in [3.05, 3.63) is 99.9 Å². The Morgan fingerprint density at radius 2 is 1.59 bits per heavy atom. The van der Waals surface area contributed by atoms with Gasteiger partial charge in [-0.2, -0.15) is 4.52 Å². The van der Waals surface area contributed by atoms with Gasteiger partial charge in [-0.1, -0.05) is 66.7 Å². The molecule has 3 aromatic heterocycles. The zero-order chi connectivity index (χ0) is 23.2. The number of fused-ring (bicyclic) bond motifs is 2. The summed E-state index contributed by atoms with van der Waals surface area (Å²) in [5.74, 6) is 0. The van der Waals surface area contributed by atoms with Crippen LogP contribution in [0.5, 0.6) is 0 Å². The largest absolute Gasteiger partial charge is 0.325 e. The van der Waals surface area contributed by atoms with E-state index in [9.17, 15) is 4.79 Å². The highest BCUT2D eigenvalue weighted by molar-refractivity contribution is 7.18. The van der Waals surface area contributed by atoms with E-state index in [1.165, 1.54) is 0 Å². The van der Waals surface area contributed by atoms with Crippen molar-refractivity contribution in [2.75, 3.05) is 0 Å². The molecule has 0 unspecified atom stereocenters. The molecule has 7 heteroatoms. The molecule has 3 aromatic carbocycles. The molecule has 0 fully saturated rings. The molecule has 3 N–H and O–H groups in total. The number of hydrogen-bond acceptors (Lipinski definition) is 5. The minimum Gasteiger partial charge on any atom is -0.325 e. The molecule has 6 nitrogen and oxygen atoms in total. The normalized spacial score (nSPS) is 11.5. The third kappa shape index (κ3) is 3.25. The predicted molar refractivity (Wildman–Crippen MR) is 138 cm³/mol. The Morgan fingerprint density at radius 3 is 2.29 bits per heavy atom. The van der Waals surface area contributed by atoms with Gasteiger partial charge in [0.1, 0.15) is 5.01 Å². The highest BCUT2D eigenvalue weighted by Crippen LogP contribution is 2.35. The number of nitrogens with zero attached hydrogens (tertiary/aromatic N) is 3. The van der Waals surface area contributed by atoms with Crippen molar-refractivity contribution in [3.8, 4) is 33.5 Å². The lowest BCUT2D eigenvalue weighted by Gasteiger charge is -2.07. The lowest BCUT2D eigenvalue weighted by molar-refractivity contribution is 0.897. The fraction of sp³-hybridized carbons (Fsp3) is 0.0741. The highest BCUT2D eigenvalue weighted by atomic mass is 32.1. The summed E-state index contributed by atoms with van der Waals surface area (Å²) >= 11 is 1.55. The number of hydrogen-bond donors (Lipinski definition) is 2. The van der Waals surface area contributed by atoms with Gasteiger partial charge >= 0.3 is 0 Å². The third-order valence-electron chi connectivity index (χ3n) is 5.98. The minimum absolute atomic E-state index is 0.134. The molecule has 0 amide bonds. The van der Waals surface area contributed by atoms with Crippen LogP contribution in [0.2, 0.25) is 0 Å². The first-order valence-corrected chi connectivity index (χ1v) is 11.8. The first-order valence-electron chi connectivity index (χ1n) is 11.0. The van der Waals surface area contributed by atoms with Gasteiger partial charge in [-0.25, -0.2) is 9.97 Å². The van der Waals surface area contributed by atoms with Crippen molar-refractivity contribution in [2.45, 2.75) is 13.5 Å². The van der Waals surface area contributed by atoms with Crippen molar-refractivity contribution in [1.29, 1.82) is 0 Å². The first kappa shape index (κ1) is 20.5. The zero-order valence-corrected chi connectivity index (χ0v) is 19.3. The van der Waals surface area contributed by atoms with Crippen LogP contribution in [0.1, 0.15) is 10.7 Å². The van der Waals surface area contributed by atoms with Crippen LogP contribution in [0.4, 0.5) is 0 Å². The van der Waals surface area contributed by atoms with Gasteiger partial charge in [-0.3, -0.25) is 9.89 Å². The summed E-state index contributed by atoms with van der Waals surface area (Å²) in [6.45, 7) is 2.29. The Labute approximate surface area is 199 Å². The maximum atomic E-state index is 13.8. The fourth-order valence-electron chi connectivity index (χ4n) is 4.42. The summed E-state index contributed by atoms with van der Waals surface area (Å²) in [6.07, 6.45) is 0. The number of aromatic nitrogens is 4. The molecule has 3 heterocycles. The Hall–Kier alpha value is -4.07. The number of nitrogens with two attached hydrogens (primary N) is 1. The van der Waals surface area contributed by atoms with Gasteiger partial charge in [0.15, 0.2) is 5.65 Å². The van der Waals surface area contributed by atoms with Gasteiger partial charge < -0.3 is 5.73 Å². The number of rotatable bonds is 4. The first-order chi connectivity index (χ1) is 16.6. The Kier molecular flexibility index (Phi) is 4.86. The summed E-state index contributed by atoms with van der Waals surface area (Å²) < 4.78 is 2.57. The van der Waals surface area contributed by atoms with Crippen LogP contribution < -0.4 is 11.3 Å². The molecule has 6 aromatic rings. The van der Waals surface area contributed by atoms with Gasteiger partial charge in [0.05, 0.1) is 32.7 Å². The minimum atomic E-state index is -0.134. The maximum Gasteiger partial charge on any atom is 0.280 e. The third-order valence-corrected chi connectivity index (χ3v) is 7.02. The van der Waals surface area contributed by atoms with Gasteiger partial charge in [-0.15, -0.1) is 11.3 Å². The molecule has 0 saturated heterocycles. The molecule has 0 atom stereocenters. The molecule has 6 rings (SSSR count). The molecular formula is C27H21N5OS. The average Bonchev–Trinajstić information content (AvgIpc) is 3.46. The van der Waals surface area contributed by atoms with Crippen LogP contribution in [0, 0.1) is 6.92 Å². The van der Waals surface area contributed by atoms with Crippen LogP contribution in [0.25, 0.3) is 49.4 Å². The lowest BCUT2D eigenvalue weighted by atomic mass is 10.0. The van der Waals surface area contributed by atoms with Crippen LogP contribution in [-0.4, -0.2) is 19.6 Å². The molecule has 0 aliphatic carbocycles. The molecule has 0 saturated carbocycles. The lowest BCUT2D eigenvalue weighted by Crippen LogP contribution is -2.19. The zero-order valence-electron chi connectivity index (χ0n) is 18.4. The van der Waals surface area contributed by atoms with Gasteiger partial charge in [0, 0.05) is 12.1 Å². The van der Waals surface area contributed by atoms with E-state index in [1.807, 2.05) is 85.8 Å². The molecule has 0 radical (unpaired) electrons. The topological polar surface area (TPSA) is 89.1 Å². The molecular weight excluding hydrogens is 442 g/mol. The number of benzene rings is 3. The number of thiazole rings is 1. The van der Waals surface area contributed by atoms with E-state index in [0.29, 0.717) is 23.4 Å². The number of nitrogens with one attached hydrogen (secondary N) is 1. The average molecular weight is 464 g/mol. The standard InChI is InChI=1S/C27H21N5OS/c1-16-23(19-12-13-20-21(14-19)34-22(15-28)30-20)27(33)32-26(29-16)24(17-8-4-2-5-9-17)25(31-32)18-10-6-3-7-11-18/h2-14,31H,15,28H2,1H3.